The van der Waals surface area contributed by atoms with Gasteiger partial charge in [-0.2, -0.15) is 5.10 Å². The lowest BCUT2D eigenvalue weighted by molar-refractivity contribution is 0.313. The molecule has 2 heterocycles. The van der Waals surface area contributed by atoms with Gasteiger partial charge >= 0.3 is 0 Å². The van der Waals surface area contributed by atoms with E-state index in [-0.39, 0.29) is 5.75 Å². The zero-order chi connectivity index (χ0) is 14.0. The van der Waals surface area contributed by atoms with Gasteiger partial charge in [-0.3, -0.25) is 4.68 Å². The van der Waals surface area contributed by atoms with E-state index >= 15 is 0 Å². The van der Waals surface area contributed by atoms with Crippen LogP contribution in [0.15, 0.2) is 24.4 Å². The fraction of sp³-hybridized carbons (Fsp3) is 0.615. The number of piperidine rings is 1. The van der Waals surface area contributed by atoms with Crippen LogP contribution < -0.4 is 0 Å². The third-order valence-electron chi connectivity index (χ3n) is 3.55. The van der Waals surface area contributed by atoms with E-state index in [2.05, 4.69) is 11.7 Å². The molecule has 1 saturated heterocycles. The molecule has 0 unspecified atom stereocenters. The lowest BCUT2D eigenvalue weighted by atomic mass is 9.95. The Labute approximate surface area is 115 Å². The number of sulfonamides is 1. The number of nitrogens with zero attached hydrogens (tertiary/aromatic N) is 3. The van der Waals surface area contributed by atoms with Gasteiger partial charge in [0.25, 0.3) is 0 Å². The van der Waals surface area contributed by atoms with Crippen molar-refractivity contribution in [2.45, 2.75) is 25.7 Å². The maximum atomic E-state index is 12.1. The zero-order valence-corrected chi connectivity index (χ0v) is 12.4. The molecule has 5 nitrogen and oxygen atoms in total. The highest BCUT2D eigenvalue weighted by molar-refractivity contribution is 7.89. The van der Waals surface area contributed by atoms with Crippen LogP contribution in [0.4, 0.5) is 0 Å². The first kappa shape index (κ1) is 14.3. The van der Waals surface area contributed by atoms with Gasteiger partial charge in [-0.1, -0.05) is 12.2 Å². The maximum Gasteiger partial charge on any atom is 0.217 e. The molecule has 1 aromatic heterocycles. The van der Waals surface area contributed by atoms with Crippen LogP contribution in [0.25, 0.3) is 0 Å². The molecule has 6 heteroatoms. The molecular weight excluding hydrogens is 262 g/mol. The van der Waals surface area contributed by atoms with E-state index < -0.39 is 10.0 Å². The zero-order valence-electron chi connectivity index (χ0n) is 11.5. The van der Waals surface area contributed by atoms with E-state index in [1.54, 1.807) is 17.4 Å². The summed E-state index contributed by atoms with van der Waals surface area (Å²) in [7, 11) is -1.24. The van der Waals surface area contributed by atoms with Gasteiger partial charge in [-0.05, 0) is 25.8 Å². The van der Waals surface area contributed by atoms with Crippen molar-refractivity contribution in [2.24, 2.45) is 7.05 Å². The normalized spacial score (nSPS) is 18.6. The van der Waals surface area contributed by atoms with Gasteiger partial charge in [0.2, 0.25) is 10.0 Å². The number of hydrogen-bond donors (Lipinski definition) is 0. The maximum absolute atomic E-state index is 12.1. The predicted octanol–water partition coefficient (Wildman–Crippen LogP) is 1.51. The average molecular weight is 283 g/mol. The molecule has 0 N–H and O–H groups in total. The molecule has 2 rings (SSSR count). The quantitative estimate of drug-likeness (QED) is 0.787. The van der Waals surface area contributed by atoms with Crippen LogP contribution in [-0.2, 0) is 17.1 Å². The lowest BCUT2D eigenvalue weighted by Crippen LogP contribution is -2.39. The predicted molar refractivity (Wildman–Crippen MR) is 75.4 cm³/mol. The van der Waals surface area contributed by atoms with Crippen molar-refractivity contribution < 1.29 is 8.42 Å². The third kappa shape index (κ3) is 3.25. The van der Waals surface area contributed by atoms with Crippen LogP contribution in [0.1, 0.15) is 31.4 Å². The molecular formula is C13H21N3O2S. The first-order chi connectivity index (χ1) is 8.90. The minimum Gasteiger partial charge on any atom is -0.272 e. The molecule has 0 amide bonds. The number of hydrogen-bond acceptors (Lipinski definition) is 3. The lowest BCUT2D eigenvalue weighted by Gasteiger charge is -2.31. The summed E-state index contributed by atoms with van der Waals surface area (Å²) in [5.74, 6) is 0.465. The fourth-order valence-electron chi connectivity index (χ4n) is 2.62. The molecule has 1 aromatic rings. The molecule has 0 atom stereocenters. The van der Waals surface area contributed by atoms with Gasteiger partial charge in [-0.15, -0.1) is 0 Å². The highest BCUT2D eigenvalue weighted by Gasteiger charge is 2.29. The first-order valence-electron chi connectivity index (χ1n) is 6.50. The van der Waals surface area contributed by atoms with Crippen LogP contribution in [0.3, 0.4) is 0 Å². The van der Waals surface area contributed by atoms with Crippen molar-refractivity contribution in [3.8, 4) is 0 Å². The summed E-state index contributed by atoms with van der Waals surface area (Å²) in [6, 6.07) is 2.02. The van der Waals surface area contributed by atoms with Crippen molar-refractivity contribution in [1.82, 2.24) is 14.1 Å². The van der Waals surface area contributed by atoms with Gasteiger partial charge in [0.1, 0.15) is 0 Å². The Hall–Kier alpha value is -1.14. The molecule has 1 fully saturated rings. The van der Waals surface area contributed by atoms with Crippen molar-refractivity contribution in [2.75, 3.05) is 18.8 Å². The second kappa shape index (κ2) is 5.46. The van der Waals surface area contributed by atoms with Gasteiger partial charge in [0.15, 0.2) is 0 Å². The molecule has 19 heavy (non-hydrogen) atoms. The Kier molecular flexibility index (Phi) is 4.10. The van der Waals surface area contributed by atoms with Crippen LogP contribution in [0.2, 0.25) is 0 Å². The highest BCUT2D eigenvalue weighted by atomic mass is 32.2. The number of aryl methyl sites for hydroxylation is 1. The topological polar surface area (TPSA) is 55.2 Å². The van der Waals surface area contributed by atoms with Gasteiger partial charge in [0, 0.05) is 37.9 Å². The first-order valence-corrected chi connectivity index (χ1v) is 8.11. The summed E-state index contributed by atoms with van der Waals surface area (Å²) in [6.45, 7) is 6.61. The van der Waals surface area contributed by atoms with Crippen LogP contribution in [-0.4, -0.2) is 41.3 Å². The molecule has 0 aliphatic carbocycles. The van der Waals surface area contributed by atoms with Crippen molar-refractivity contribution >= 4 is 10.0 Å². The summed E-state index contributed by atoms with van der Waals surface area (Å²) in [4.78, 5) is 0. The minimum atomic E-state index is -3.17. The Balaban J connectivity index is 2.00. The number of rotatable bonds is 4. The van der Waals surface area contributed by atoms with Gasteiger partial charge in [0.05, 0.1) is 5.75 Å². The second-order valence-electron chi connectivity index (χ2n) is 5.27. The molecule has 0 aromatic carbocycles. The van der Waals surface area contributed by atoms with Gasteiger partial charge in [-0.25, -0.2) is 12.7 Å². The Morgan fingerprint density at radius 1 is 1.47 bits per heavy atom. The smallest absolute Gasteiger partial charge is 0.217 e. The van der Waals surface area contributed by atoms with Crippen molar-refractivity contribution in [3.05, 3.63) is 30.1 Å². The molecule has 1 aliphatic heterocycles. The van der Waals surface area contributed by atoms with E-state index in [4.69, 9.17) is 0 Å². The van der Waals surface area contributed by atoms with E-state index in [9.17, 15) is 8.42 Å². The minimum absolute atomic E-state index is 0.0589. The molecule has 0 spiro atoms. The molecule has 0 bridgehead atoms. The van der Waals surface area contributed by atoms with Crippen molar-refractivity contribution in [3.63, 3.8) is 0 Å². The monoisotopic (exact) mass is 283 g/mol. The molecule has 0 radical (unpaired) electrons. The number of aromatic nitrogens is 2. The summed E-state index contributed by atoms with van der Waals surface area (Å²) in [5, 5.41) is 4.17. The molecule has 106 valence electrons. The standard InChI is InChI=1S/C13H21N3O2S/c1-11(2)10-19(17,18)16-8-5-12(6-9-16)13-4-7-14-15(13)3/h4,7,12H,1,5-6,8-10H2,2-3H3. The Morgan fingerprint density at radius 3 is 2.58 bits per heavy atom. The molecule has 1 aliphatic rings. The van der Waals surface area contributed by atoms with E-state index in [1.807, 2.05) is 17.8 Å². The van der Waals surface area contributed by atoms with E-state index in [0.29, 0.717) is 24.6 Å². The second-order valence-corrected chi connectivity index (χ2v) is 7.24. The van der Waals surface area contributed by atoms with E-state index in [1.165, 1.54) is 5.69 Å². The summed E-state index contributed by atoms with van der Waals surface area (Å²) in [6.07, 6.45) is 3.50. The Morgan fingerprint density at radius 2 is 2.11 bits per heavy atom. The fourth-order valence-corrected chi connectivity index (χ4v) is 4.19. The summed E-state index contributed by atoms with van der Waals surface area (Å²) in [5.41, 5.74) is 1.88. The highest BCUT2D eigenvalue weighted by Crippen LogP contribution is 2.28. The van der Waals surface area contributed by atoms with Crippen LogP contribution >= 0.6 is 0 Å². The van der Waals surface area contributed by atoms with Gasteiger partial charge < -0.3 is 0 Å². The van der Waals surface area contributed by atoms with Crippen LogP contribution in [0.5, 0.6) is 0 Å². The average Bonchev–Trinajstić information content (AvgIpc) is 2.74. The van der Waals surface area contributed by atoms with Crippen LogP contribution in [0, 0.1) is 0 Å². The third-order valence-corrected chi connectivity index (χ3v) is 5.56. The SMILES string of the molecule is C=C(C)CS(=O)(=O)N1CCC(c2ccnn2C)CC1. The van der Waals surface area contributed by atoms with Crippen molar-refractivity contribution in [1.29, 1.82) is 0 Å². The Bertz CT molecular complexity index is 554. The summed E-state index contributed by atoms with van der Waals surface area (Å²) >= 11 is 0. The van der Waals surface area contributed by atoms with E-state index in [0.717, 1.165) is 12.8 Å². The summed E-state index contributed by atoms with van der Waals surface area (Å²) < 4.78 is 27.7. The largest absolute Gasteiger partial charge is 0.272 e. The molecule has 0 saturated carbocycles.